The zero-order chi connectivity index (χ0) is 15.2. The lowest BCUT2D eigenvalue weighted by molar-refractivity contribution is -0.145. The normalized spacial score (nSPS) is 19.8. The topological polar surface area (TPSA) is 75.6 Å². The first-order valence-electron chi connectivity index (χ1n) is 6.90. The van der Waals surface area contributed by atoms with E-state index in [-0.39, 0.29) is 18.2 Å². The molecule has 5 nitrogen and oxygen atoms in total. The summed E-state index contributed by atoms with van der Waals surface area (Å²) in [7, 11) is 0. The molecule has 1 fully saturated rings. The van der Waals surface area contributed by atoms with Crippen molar-refractivity contribution in [2.45, 2.75) is 25.3 Å². The van der Waals surface area contributed by atoms with E-state index in [0.29, 0.717) is 13.2 Å². The Balaban J connectivity index is 1.96. The van der Waals surface area contributed by atoms with Crippen molar-refractivity contribution in [2.24, 2.45) is 5.92 Å². The second-order valence-electron chi connectivity index (χ2n) is 5.17. The third-order valence-electron chi connectivity index (χ3n) is 3.50. The van der Waals surface area contributed by atoms with E-state index in [4.69, 9.17) is 4.74 Å². The van der Waals surface area contributed by atoms with Crippen molar-refractivity contribution in [1.82, 2.24) is 5.32 Å². The molecule has 1 aromatic rings. The van der Waals surface area contributed by atoms with Gasteiger partial charge in [0.15, 0.2) is 0 Å². The lowest BCUT2D eigenvalue weighted by Gasteiger charge is -2.28. The summed E-state index contributed by atoms with van der Waals surface area (Å²) in [5, 5.41) is 11.9. The van der Waals surface area contributed by atoms with Crippen LogP contribution in [-0.4, -0.2) is 36.2 Å². The number of hydrogen-bond donors (Lipinski definition) is 2. The van der Waals surface area contributed by atoms with E-state index in [9.17, 15) is 14.7 Å². The van der Waals surface area contributed by atoms with Crippen molar-refractivity contribution >= 4 is 27.8 Å². The molecule has 21 heavy (non-hydrogen) atoms. The fraction of sp³-hybridized carbons (Fsp3) is 0.467. The molecule has 0 saturated carbocycles. The number of halogens is 1. The lowest BCUT2D eigenvalue weighted by atomic mass is 9.93. The van der Waals surface area contributed by atoms with Crippen LogP contribution in [0.4, 0.5) is 0 Å². The second-order valence-corrected chi connectivity index (χ2v) is 6.08. The second kappa shape index (κ2) is 7.56. The molecule has 6 heteroatoms. The van der Waals surface area contributed by atoms with Crippen molar-refractivity contribution in [3.63, 3.8) is 0 Å². The van der Waals surface area contributed by atoms with Gasteiger partial charge in [0, 0.05) is 17.0 Å². The van der Waals surface area contributed by atoms with Gasteiger partial charge in [-0.15, -0.1) is 0 Å². The van der Waals surface area contributed by atoms with Gasteiger partial charge >= 0.3 is 5.97 Å². The van der Waals surface area contributed by atoms with E-state index in [1.807, 2.05) is 24.3 Å². The Morgan fingerprint density at radius 3 is 2.90 bits per heavy atom. The van der Waals surface area contributed by atoms with Gasteiger partial charge in [0.1, 0.15) is 6.04 Å². The summed E-state index contributed by atoms with van der Waals surface area (Å²) in [6.45, 7) is 1.04. The van der Waals surface area contributed by atoms with Crippen molar-refractivity contribution < 1.29 is 19.4 Å². The Labute approximate surface area is 131 Å². The maximum Gasteiger partial charge on any atom is 0.326 e. The minimum Gasteiger partial charge on any atom is -0.480 e. The quantitative estimate of drug-likeness (QED) is 0.846. The molecule has 1 amide bonds. The van der Waals surface area contributed by atoms with Gasteiger partial charge in [-0.1, -0.05) is 28.1 Å². The highest BCUT2D eigenvalue weighted by atomic mass is 79.9. The van der Waals surface area contributed by atoms with E-state index in [1.165, 1.54) is 0 Å². The first-order valence-corrected chi connectivity index (χ1v) is 7.70. The van der Waals surface area contributed by atoms with Crippen LogP contribution in [0.1, 0.15) is 18.4 Å². The molecule has 2 N–H and O–H groups in total. The first kappa shape index (κ1) is 16.0. The number of rotatable bonds is 5. The number of nitrogens with one attached hydrogen (secondary N) is 1. The molecule has 2 unspecified atom stereocenters. The predicted octanol–water partition coefficient (Wildman–Crippen LogP) is 1.99. The maximum atomic E-state index is 12.1. The molecule has 1 heterocycles. The monoisotopic (exact) mass is 355 g/mol. The van der Waals surface area contributed by atoms with E-state index in [0.717, 1.165) is 22.9 Å². The third-order valence-corrected chi connectivity index (χ3v) is 4.00. The molecule has 2 rings (SSSR count). The molecule has 1 saturated heterocycles. The van der Waals surface area contributed by atoms with Crippen LogP contribution in [0, 0.1) is 5.92 Å². The first-order chi connectivity index (χ1) is 10.1. The van der Waals surface area contributed by atoms with E-state index >= 15 is 0 Å². The van der Waals surface area contributed by atoms with Gasteiger partial charge < -0.3 is 15.2 Å². The number of aliphatic carboxylic acids is 1. The van der Waals surface area contributed by atoms with Crippen LogP contribution >= 0.6 is 15.9 Å². The Kier molecular flexibility index (Phi) is 5.76. The van der Waals surface area contributed by atoms with Crippen LogP contribution in [0.2, 0.25) is 0 Å². The zero-order valence-electron chi connectivity index (χ0n) is 11.5. The Morgan fingerprint density at radius 2 is 2.29 bits per heavy atom. The van der Waals surface area contributed by atoms with Crippen molar-refractivity contribution in [3.8, 4) is 0 Å². The fourth-order valence-electron chi connectivity index (χ4n) is 2.47. The minimum atomic E-state index is -1.01. The van der Waals surface area contributed by atoms with Gasteiger partial charge in [-0.2, -0.15) is 0 Å². The lowest BCUT2D eigenvalue weighted by Crippen LogP contribution is -2.48. The maximum absolute atomic E-state index is 12.1. The molecular formula is C15H18BrNO4. The van der Waals surface area contributed by atoms with E-state index < -0.39 is 12.0 Å². The number of carboxylic acids is 1. The van der Waals surface area contributed by atoms with Gasteiger partial charge in [-0.05, 0) is 30.5 Å². The highest BCUT2D eigenvalue weighted by Crippen LogP contribution is 2.18. The SMILES string of the molecule is O=C(Cc1cccc(Br)c1)NC(C(=O)O)C1CCCOC1. The third kappa shape index (κ3) is 4.82. The number of amides is 1. The fourth-order valence-corrected chi connectivity index (χ4v) is 2.91. The smallest absolute Gasteiger partial charge is 0.326 e. The molecule has 0 aromatic heterocycles. The average molecular weight is 356 g/mol. The molecule has 0 aliphatic carbocycles. The molecule has 2 atom stereocenters. The Hall–Kier alpha value is -1.40. The minimum absolute atomic E-state index is 0.163. The predicted molar refractivity (Wildman–Crippen MR) is 81.0 cm³/mol. The van der Waals surface area contributed by atoms with E-state index in [2.05, 4.69) is 21.2 Å². The van der Waals surface area contributed by atoms with Crippen LogP contribution in [0.25, 0.3) is 0 Å². The summed E-state index contributed by atoms with van der Waals surface area (Å²) < 4.78 is 6.20. The molecule has 1 aromatic carbocycles. The summed E-state index contributed by atoms with van der Waals surface area (Å²) in [6, 6.07) is 6.52. The van der Waals surface area contributed by atoms with Gasteiger partial charge in [0.25, 0.3) is 0 Å². The van der Waals surface area contributed by atoms with Crippen LogP contribution in [0.5, 0.6) is 0 Å². The van der Waals surface area contributed by atoms with E-state index in [1.54, 1.807) is 0 Å². The van der Waals surface area contributed by atoms with Crippen LogP contribution in [-0.2, 0) is 20.7 Å². The number of ether oxygens (including phenoxy) is 1. The summed E-state index contributed by atoms with van der Waals surface area (Å²) >= 11 is 3.35. The van der Waals surface area contributed by atoms with Crippen molar-refractivity contribution in [2.75, 3.05) is 13.2 Å². The molecule has 0 radical (unpaired) electrons. The Bertz CT molecular complexity index is 514. The average Bonchev–Trinajstić information content (AvgIpc) is 2.45. The molecular weight excluding hydrogens is 338 g/mol. The summed E-state index contributed by atoms with van der Waals surface area (Å²) in [6.07, 6.45) is 1.75. The van der Waals surface area contributed by atoms with Gasteiger partial charge in [-0.3, -0.25) is 4.79 Å². The van der Waals surface area contributed by atoms with Gasteiger partial charge in [-0.25, -0.2) is 4.79 Å². The van der Waals surface area contributed by atoms with Crippen molar-refractivity contribution in [3.05, 3.63) is 34.3 Å². The highest BCUT2D eigenvalue weighted by Gasteiger charge is 2.31. The van der Waals surface area contributed by atoms with Crippen molar-refractivity contribution in [1.29, 1.82) is 0 Å². The van der Waals surface area contributed by atoms with Gasteiger partial charge in [0.05, 0.1) is 13.0 Å². The van der Waals surface area contributed by atoms with Gasteiger partial charge in [0.2, 0.25) is 5.91 Å². The standard InChI is InChI=1S/C15H18BrNO4/c16-12-5-1-3-10(7-12)8-13(18)17-14(15(19)20)11-4-2-6-21-9-11/h1,3,5,7,11,14H,2,4,6,8-9H2,(H,17,18)(H,19,20). The number of carbonyl (C=O) groups is 2. The Morgan fingerprint density at radius 1 is 1.48 bits per heavy atom. The van der Waals surface area contributed by atoms with Crippen LogP contribution in [0.3, 0.4) is 0 Å². The summed E-state index contributed by atoms with van der Waals surface area (Å²) in [5.41, 5.74) is 0.839. The van der Waals surface area contributed by atoms with Crippen LogP contribution < -0.4 is 5.32 Å². The number of hydrogen-bond acceptors (Lipinski definition) is 3. The number of carboxylic acid groups (broad SMARTS) is 1. The highest BCUT2D eigenvalue weighted by molar-refractivity contribution is 9.10. The number of benzene rings is 1. The number of carbonyl (C=O) groups excluding carboxylic acids is 1. The summed E-state index contributed by atoms with van der Waals surface area (Å²) in [4.78, 5) is 23.4. The molecule has 0 spiro atoms. The zero-order valence-corrected chi connectivity index (χ0v) is 13.1. The van der Waals surface area contributed by atoms with Crippen LogP contribution in [0.15, 0.2) is 28.7 Å². The molecule has 1 aliphatic rings. The molecule has 0 bridgehead atoms. The molecule has 114 valence electrons. The largest absolute Gasteiger partial charge is 0.480 e. The summed E-state index contributed by atoms with van der Waals surface area (Å²) in [5.74, 6) is -1.46. The molecule has 1 aliphatic heterocycles.